The molecule has 0 saturated carbocycles. The number of rotatable bonds is 4. The van der Waals surface area contributed by atoms with Crippen molar-refractivity contribution in [3.05, 3.63) is 64.4 Å². The molecular formula is C21H24N2OS. The molecule has 0 bridgehead atoms. The van der Waals surface area contributed by atoms with Gasteiger partial charge in [-0.05, 0) is 48.4 Å². The monoisotopic (exact) mass is 352 g/mol. The van der Waals surface area contributed by atoms with Gasteiger partial charge < -0.3 is 4.90 Å². The van der Waals surface area contributed by atoms with Crippen molar-refractivity contribution in [2.75, 3.05) is 26.2 Å². The summed E-state index contributed by atoms with van der Waals surface area (Å²) in [4.78, 5) is 18.5. The molecule has 1 atom stereocenters. The van der Waals surface area contributed by atoms with Gasteiger partial charge in [0.1, 0.15) is 0 Å². The molecule has 0 aliphatic carbocycles. The van der Waals surface area contributed by atoms with Crippen molar-refractivity contribution in [1.82, 2.24) is 9.80 Å². The van der Waals surface area contributed by atoms with E-state index >= 15 is 0 Å². The topological polar surface area (TPSA) is 23.6 Å². The van der Waals surface area contributed by atoms with E-state index < -0.39 is 0 Å². The first-order valence-electron chi connectivity index (χ1n) is 9.11. The van der Waals surface area contributed by atoms with Gasteiger partial charge in [-0.3, -0.25) is 9.69 Å². The van der Waals surface area contributed by atoms with E-state index in [9.17, 15) is 4.79 Å². The number of carbonyl (C=O) groups is 1. The van der Waals surface area contributed by atoms with Crippen LogP contribution in [0.2, 0.25) is 0 Å². The highest BCUT2D eigenvalue weighted by atomic mass is 32.1. The fourth-order valence-electron chi connectivity index (χ4n) is 3.90. The zero-order valence-electron chi connectivity index (χ0n) is 14.4. The zero-order valence-corrected chi connectivity index (χ0v) is 15.3. The van der Waals surface area contributed by atoms with Gasteiger partial charge >= 0.3 is 0 Å². The van der Waals surface area contributed by atoms with E-state index in [1.807, 2.05) is 22.3 Å². The van der Waals surface area contributed by atoms with Gasteiger partial charge in [-0.1, -0.05) is 42.5 Å². The Kier molecular flexibility index (Phi) is 4.99. The van der Waals surface area contributed by atoms with E-state index in [-0.39, 0.29) is 5.91 Å². The van der Waals surface area contributed by atoms with Crippen molar-refractivity contribution in [2.45, 2.75) is 25.3 Å². The minimum atomic E-state index is 0.270. The fraction of sp³-hybridized carbons (Fsp3) is 0.381. The quantitative estimate of drug-likeness (QED) is 0.823. The largest absolute Gasteiger partial charge is 0.338 e. The van der Waals surface area contributed by atoms with Gasteiger partial charge in [-0.2, -0.15) is 0 Å². The smallest absolute Gasteiger partial charge is 0.237 e. The number of nitrogens with zero attached hydrogens (tertiary/aromatic N) is 2. The maximum atomic E-state index is 12.8. The van der Waals surface area contributed by atoms with Crippen LogP contribution >= 0.6 is 11.3 Å². The Bertz CT molecular complexity index is 739. The molecule has 0 radical (unpaired) electrons. The SMILES string of the molecule is O=C(CN1CCC[C@@H]1c1cccs1)N1CC=C(c2ccccc2)CC1. The fourth-order valence-corrected chi connectivity index (χ4v) is 4.80. The minimum absolute atomic E-state index is 0.270. The minimum Gasteiger partial charge on any atom is -0.338 e. The van der Waals surface area contributed by atoms with E-state index in [0.29, 0.717) is 12.6 Å². The number of likely N-dealkylation sites (tertiary alicyclic amines) is 1. The summed E-state index contributed by atoms with van der Waals surface area (Å²) in [5, 5.41) is 2.13. The Morgan fingerprint density at radius 3 is 2.72 bits per heavy atom. The molecular weight excluding hydrogens is 328 g/mol. The molecule has 0 N–H and O–H groups in total. The lowest BCUT2D eigenvalue weighted by Crippen LogP contribution is -2.41. The third-order valence-corrected chi connectivity index (χ3v) is 6.25. The first-order chi connectivity index (χ1) is 12.3. The highest BCUT2D eigenvalue weighted by molar-refractivity contribution is 7.10. The lowest BCUT2D eigenvalue weighted by Gasteiger charge is -2.30. The van der Waals surface area contributed by atoms with E-state index in [1.165, 1.54) is 28.9 Å². The lowest BCUT2D eigenvalue weighted by atomic mass is 9.99. The number of hydrogen-bond acceptors (Lipinski definition) is 3. The molecule has 3 heterocycles. The number of amides is 1. The normalized spacial score (nSPS) is 21.4. The van der Waals surface area contributed by atoms with Crippen LogP contribution in [0.25, 0.3) is 5.57 Å². The highest BCUT2D eigenvalue weighted by Gasteiger charge is 2.29. The van der Waals surface area contributed by atoms with Crippen LogP contribution < -0.4 is 0 Å². The first kappa shape index (κ1) is 16.6. The number of hydrogen-bond donors (Lipinski definition) is 0. The average molecular weight is 353 g/mol. The second-order valence-electron chi connectivity index (χ2n) is 6.83. The third kappa shape index (κ3) is 3.70. The summed E-state index contributed by atoms with van der Waals surface area (Å²) in [5.74, 6) is 0.270. The second-order valence-corrected chi connectivity index (χ2v) is 7.81. The van der Waals surface area contributed by atoms with E-state index in [1.54, 1.807) is 0 Å². The van der Waals surface area contributed by atoms with Gasteiger partial charge in [-0.25, -0.2) is 0 Å². The zero-order chi connectivity index (χ0) is 17.1. The highest BCUT2D eigenvalue weighted by Crippen LogP contribution is 2.34. The van der Waals surface area contributed by atoms with Crippen LogP contribution in [0.1, 0.15) is 35.7 Å². The molecule has 1 aromatic carbocycles. The predicted octanol–water partition coefficient (Wildman–Crippen LogP) is 4.20. The Balaban J connectivity index is 1.37. The van der Waals surface area contributed by atoms with Crippen molar-refractivity contribution in [1.29, 1.82) is 0 Å². The van der Waals surface area contributed by atoms with Crippen molar-refractivity contribution in [3.63, 3.8) is 0 Å². The lowest BCUT2D eigenvalue weighted by molar-refractivity contribution is -0.132. The Morgan fingerprint density at radius 2 is 2.00 bits per heavy atom. The van der Waals surface area contributed by atoms with Crippen LogP contribution in [0.15, 0.2) is 53.9 Å². The third-order valence-electron chi connectivity index (χ3n) is 5.28. The summed E-state index contributed by atoms with van der Waals surface area (Å²) in [6.45, 7) is 3.15. The number of thiophene rings is 1. The molecule has 4 rings (SSSR count). The molecule has 2 aromatic rings. The van der Waals surface area contributed by atoms with E-state index in [4.69, 9.17) is 0 Å². The molecule has 2 aliphatic heterocycles. The summed E-state index contributed by atoms with van der Waals surface area (Å²) in [6.07, 6.45) is 5.53. The summed E-state index contributed by atoms with van der Waals surface area (Å²) < 4.78 is 0. The van der Waals surface area contributed by atoms with Crippen molar-refractivity contribution < 1.29 is 4.79 Å². The molecule has 1 aromatic heterocycles. The van der Waals surface area contributed by atoms with Gasteiger partial charge in [0.15, 0.2) is 0 Å². The molecule has 1 fully saturated rings. The second kappa shape index (κ2) is 7.54. The van der Waals surface area contributed by atoms with Crippen LogP contribution in [0.3, 0.4) is 0 Å². The maximum absolute atomic E-state index is 12.8. The molecule has 4 heteroatoms. The molecule has 0 unspecified atom stereocenters. The van der Waals surface area contributed by atoms with Crippen molar-refractivity contribution >= 4 is 22.8 Å². The maximum Gasteiger partial charge on any atom is 0.237 e. The molecule has 130 valence electrons. The summed E-state index contributed by atoms with van der Waals surface area (Å²) in [6, 6.07) is 15.2. The summed E-state index contributed by atoms with van der Waals surface area (Å²) >= 11 is 1.81. The van der Waals surface area contributed by atoms with Crippen LogP contribution in [-0.2, 0) is 4.79 Å². The standard InChI is InChI=1S/C21H24N2OS/c24-21(16-23-12-4-8-19(23)20-9-5-15-25-20)22-13-10-18(11-14-22)17-6-2-1-3-7-17/h1-3,5-7,9-10,15,19H,4,8,11-14,16H2/t19-/m1/s1. The molecule has 1 saturated heterocycles. The van der Waals surface area contributed by atoms with Crippen LogP contribution in [0.5, 0.6) is 0 Å². The van der Waals surface area contributed by atoms with Gasteiger partial charge in [0.2, 0.25) is 5.91 Å². The van der Waals surface area contributed by atoms with Gasteiger partial charge in [0, 0.05) is 24.0 Å². The Labute approximate surface area is 153 Å². The van der Waals surface area contributed by atoms with Crippen LogP contribution in [0.4, 0.5) is 0 Å². The molecule has 1 amide bonds. The Morgan fingerprint density at radius 1 is 1.12 bits per heavy atom. The Hall–Kier alpha value is -1.91. The van der Waals surface area contributed by atoms with E-state index in [0.717, 1.165) is 26.1 Å². The summed E-state index contributed by atoms with van der Waals surface area (Å²) in [5.41, 5.74) is 2.65. The van der Waals surface area contributed by atoms with Gasteiger partial charge in [-0.15, -0.1) is 11.3 Å². The van der Waals surface area contributed by atoms with Crippen molar-refractivity contribution in [3.8, 4) is 0 Å². The number of carbonyl (C=O) groups excluding carboxylic acids is 1. The van der Waals surface area contributed by atoms with Crippen molar-refractivity contribution in [2.24, 2.45) is 0 Å². The first-order valence-corrected chi connectivity index (χ1v) is 9.99. The summed E-state index contributed by atoms with van der Waals surface area (Å²) in [7, 11) is 0. The predicted molar refractivity (Wildman–Crippen MR) is 103 cm³/mol. The average Bonchev–Trinajstić information content (AvgIpc) is 3.34. The number of benzene rings is 1. The van der Waals surface area contributed by atoms with E-state index in [2.05, 4.69) is 52.8 Å². The van der Waals surface area contributed by atoms with Crippen LogP contribution in [-0.4, -0.2) is 41.9 Å². The molecule has 25 heavy (non-hydrogen) atoms. The molecule has 2 aliphatic rings. The molecule has 3 nitrogen and oxygen atoms in total. The van der Waals surface area contributed by atoms with Crippen LogP contribution in [0, 0.1) is 0 Å². The molecule has 0 spiro atoms. The van der Waals surface area contributed by atoms with Gasteiger partial charge in [0.05, 0.1) is 6.54 Å². The van der Waals surface area contributed by atoms with Gasteiger partial charge in [0.25, 0.3) is 0 Å².